The van der Waals surface area contributed by atoms with Crippen molar-refractivity contribution >= 4 is 21.7 Å². The molecule has 0 radical (unpaired) electrons. The summed E-state index contributed by atoms with van der Waals surface area (Å²) in [6.45, 7) is 5.27. The summed E-state index contributed by atoms with van der Waals surface area (Å²) in [5.41, 5.74) is 1.14. The van der Waals surface area contributed by atoms with Crippen LogP contribution >= 0.6 is 15.9 Å². The van der Waals surface area contributed by atoms with Crippen molar-refractivity contribution in [3.05, 3.63) is 22.3 Å². The molecule has 4 heteroatoms. The third-order valence-corrected chi connectivity index (χ3v) is 2.96. The summed E-state index contributed by atoms with van der Waals surface area (Å²) in [7, 11) is 0. The van der Waals surface area contributed by atoms with Crippen LogP contribution in [0.5, 0.6) is 0 Å². The van der Waals surface area contributed by atoms with Gasteiger partial charge in [-0.3, -0.25) is 0 Å². The Kier molecular flexibility index (Phi) is 5.77. The summed E-state index contributed by atoms with van der Waals surface area (Å²) in [5, 5.41) is 12.2. The molecule has 0 spiro atoms. The molecule has 0 amide bonds. The van der Waals surface area contributed by atoms with Crippen molar-refractivity contribution < 1.29 is 5.11 Å². The molecule has 16 heavy (non-hydrogen) atoms. The van der Waals surface area contributed by atoms with Crippen LogP contribution in [0.1, 0.15) is 25.3 Å². The van der Waals surface area contributed by atoms with Crippen LogP contribution in [0.2, 0.25) is 0 Å². The first-order valence-electron chi connectivity index (χ1n) is 5.60. The Morgan fingerprint density at radius 3 is 2.94 bits per heavy atom. The lowest BCUT2D eigenvalue weighted by molar-refractivity contribution is 0.229. The minimum Gasteiger partial charge on any atom is -0.396 e. The van der Waals surface area contributed by atoms with E-state index in [0.717, 1.165) is 35.2 Å². The van der Waals surface area contributed by atoms with Crippen molar-refractivity contribution in [1.82, 2.24) is 4.98 Å². The number of nitrogens with one attached hydrogen (secondary N) is 1. The minimum atomic E-state index is 0.273. The molecule has 0 bridgehead atoms. The fourth-order valence-corrected chi connectivity index (χ4v) is 1.92. The molecule has 0 fully saturated rings. The maximum atomic E-state index is 8.89. The van der Waals surface area contributed by atoms with Crippen molar-refractivity contribution in [2.75, 3.05) is 18.5 Å². The number of halogens is 1. The first-order valence-corrected chi connectivity index (χ1v) is 6.39. The van der Waals surface area contributed by atoms with Crippen LogP contribution < -0.4 is 5.32 Å². The lowest BCUT2D eigenvalue weighted by Gasteiger charge is -2.10. The topological polar surface area (TPSA) is 45.2 Å². The Labute approximate surface area is 105 Å². The number of nitrogens with zero attached hydrogens (tertiary/aromatic N) is 1. The lowest BCUT2D eigenvalue weighted by Crippen LogP contribution is -2.08. The molecule has 0 aromatic carbocycles. The van der Waals surface area contributed by atoms with Crippen LogP contribution in [-0.2, 0) is 0 Å². The van der Waals surface area contributed by atoms with E-state index in [0.29, 0.717) is 5.92 Å². The van der Waals surface area contributed by atoms with Crippen molar-refractivity contribution in [3.8, 4) is 0 Å². The molecule has 3 nitrogen and oxygen atoms in total. The van der Waals surface area contributed by atoms with E-state index in [1.54, 1.807) is 6.20 Å². The zero-order valence-corrected chi connectivity index (χ0v) is 11.4. The average Bonchev–Trinajstić information content (AvgIpc) is 2.26. The zero-order valence-electron chi connectivity index (χ0n) is 9.83. The average molecular weight is 287 g/mol. The van der Waals surface area contributed by atoms with E-state index in [9.17, 15) is 0 Å². The second kappa shape index (κ2) is 6.86. The van der Waals surface area contributed by atoms with E-state index in [2.05, 4.69) is 33.2 Å². The predicted molar refractivity (Wildman–Crippen MR) is 70.6 cm³/mol. The fraction of sp³-hybridized carbons (Fsp3) is 0.583. The minimum absolute atomic E-state index is 0.273. The summed E-state index contributed by atoms with van der Waals surface area (Å²) in [5.74, 6) is 1.33. The van der Waals surface area contributed by atoms with Gasteiger partial charge in [-0.25, -0.2) is 4.98 Å². The molecule has 0 saturated heterocycles. The van der Waals surface area contributed by atoms with Gasteiger partial charge >= 0.3 is 0 Å². The van der Waals surface area contributed by atoms with Crippen molar-refractivity contribution in [2.45, 2.75) is 26.7 Å². The van der Waals surface area contributed by atoms with Gasteiger partial charge in [0.25, 0.3) is 0 Å². The molecule has 1 atom stereocenters. The number of hydrogen-bond acceptors (Lipinski definition) is 3. The van der Waals surface area contributed by atoms with Gasteiger partial charge in [0.2, 0.25) is 0 Å². The summed E-state index contributed by atoms with van der Waals surface area (Å²) >= 11 is 3.39. The highest BCUT2D eigenvalue weighted by molar-refractivity contribution is 9.10. The number of rotatable bonds is 6. The molecule has 2 N–H and O–H groups in total. The Bertz CT molecular complexity index is 331. The summed E-state index contributed by atoms with van der Waals surface area (Å²) < 4.78 is 1.00. The molecule has 1 heterocycles. The Morgan fingerprint density at radius 1 is 1.56 bits per heavy atom. The first-order chi connectivity index (χ1) is 7.63. The largest absolute Gasteiger partial charge is 0.396 e. The van der Waals surface area contributed by atoms with Crippen LogP contribution in [-0.4, -0.2) is 23.2 Å². The van der Waals surface area contributed by atoms with Gasteiger partial charge in [0, 0.05) is 23.8 Å². The monoisotopic (exact) mass is 286 g/mol. The van der Waals surface area contributed by atoms with E-state index in [-0.39, 0.29) is 6.61 Å². The highest BCUT2D eigenvalue weighted by Crippen LogP contribution is 2.16. The van der Waals surface area contributed by atoms with Crippen LogP contribution in [0.25, 0.3) is 0 Å². The van der Waals surface area contributed by atoms with Gasteiger partial charge in [-0.1, -0.05) is 6.92 Å². The number of aromatic nitrogens is 1. The molecule has 1 aromatic heterocycles. The predicted octanol–water partition coefficient (Wildman–Crippen LogP) is 2.97. The number of aryl methyl sites for hydroxylation is 1. The number of aliphatic hydroxyl groups excluding tert-OH is 1. The maximum absolute atomic E-state index is 8.89. The van der Waals surface area contributed by atoms with Gasteiger partial charge in [-0.2, -0.15) is 0 Å². The quantitative estimate of drug-likeness (QED) is 0.791. The van der Waals surface area contributed by atoms with Gasteiger partial charge in [-0.15, -0.1) is 0 Å². The van der Waals surface area contributed by atoms with E-state index < -0.39 is 0 Å². The first kappa shape index (κ1) is 13.5. The molecule has 0 aliphatic rings. The zero-order chi connectivity index (χ0) is 12.0. The maximum Gasteiger partial charge on any atom is 0.128 e. The Balaban J connectivity index is 2.32. The third-order valence-electron chi connectivity index (χ3n) is 2.52. The third kappa shape index (κ3) is 4.49. The highest BCUT2D eigenvalue weighted by atomic mass is 79.9. The molecule has 0 aliphatic carbocycles. The van der Waals surface area contributed by atoms with Crippen LogP contribution in [0.3, 0.4) is 0 Å². The van der Waals surface area contributed by atoms with Gasteiger partial charge in [0.05, 0.1) is 0 Å². The lowest BCUT2D eigenvalue weighted by atomic mass is 10.1. The number of aliphatic hydroxyl groups is 1. The van der Waals surface area contributed by atoms with Crippen molar-refractivity contribution in [1.29, 1.82) is 0 Å². The summed E-state index contributed by atoms with van der Waals surface area (Å²) in [6, 6.07) is 2.05. The SMILES string of the molecule is Cc1cc(Br)cnc1NCCCC(C)CO. The van der Waals surface area contributed by atoms with E-state index in [1.165, 1.54) is 0 Å². The van der Waals surface area contributed by atoms with Gasteiger partial charge in [-0.05, 0) is 53.2 Å². The second-order valence-corrected chi connectivity index (χ2v) is 5.09. The second-order valence-electron chi connectivity index (χ2n) is 4.18. The Hall–Kier alpha value is -0.610. The Morgan fingerprint density at radius 2 is 2.31 bits per heavy atom. The van der Waals surface area contributed by atoms with Crippen molar-refractivity contribution in [3.63, 3.8) is 0 Å². The van der Waals surface area contributed by atoms with E-state index in [4.69, 9.17) is 5.11 Å². The molecule has 90 valence electrons. The summed E-state index contributed by atoms with van der Waals surface area (Å²) in [4.78, 5) is 4.31. The van der Waals surface area contributed by atoms with Gasteiger partial charge < -0.3 is 10.4 Å². The van der Waals surface area contributed by atoms with Crippen molar-refractivity contribution in [2.24, 2.45) is 5.92 Å². The van der Waals surface area contributed by atoms with E-state index in [1.807, 2.05) is 13.0 Å². The number of hydrogen-bond donors (Lipinski definition) is 2. The van der Waals surface area contributed by atoms with Crippen LogP contribution in [0.15, 0.2) is 16.7 Å². The highest BCUT2D eigenvalue weighted by Gasteiger charge is 2.01. The molecule has 1 unspecified atom stereocenters. The van der Waals surface area contributed by atoms with Gasteiger partial charge in [0.15, 0.2) is 0 Å². The number of anilines is 1. The summed E-state index contributed by atoms with van der Waals surface area (Å²) in [6.07, 6.45) is 3.89. The molecule has 0 aliphatic heterocycles. The molecule has 1 rings (SSSR count). The number of pyridine rings is 1. The van der Waals surface area contributed by atoms with E-state index >= 15 is 0 Å². The molecule has 0 saturated carbocycles. The molecule has 1 aromatic rings. The molecular formula is C12H19BrN2O. The smallest absolute Gasteiger partial charge is 0.128 e. The van der Waals surface area contributed by atoms with Crippen LogP contribution in [0, 0.1) is 12.8 Å². The fourth-order valence-electron chi connectivity index (χ4n) is 1.47. The molecular weight excluding hydrogens is 268 g/mol. The standard InChI is InChI=1S/C12H19BrN2O/c1-9(8-16)4-3-5-14-12-10(2)6-11(13)7-15-12/h6-7,9,16H,3-5,8H2,1-2H3,(H,14,15). The normalized spacial score (nSPS) is 12.5. The van der Waals surface area contributed by atoms with Crippen LogP contribution in [0.4, 0.5) is 5.82 Å². The van der Waals surface area contributed by atoms with Gasteiger partial charge in [0.1, 0.15) is 5.82 Å².